The average molecular weight is 290 g/mol. The number of hydrogen-bond acceptors (Lipinski definition) is 2. The third-order valence-electron chi connectivity index (χ3n) is 4.77. The Kier molecular flexibility index (Phi) is 6.89. The summed E-state index contributed by atoms with van der Waals surface area (Å²) in [6.07, 6.45) is 1.14. The van der Waals surface area contributed by atoms with Crippen molar-refractivity contribution in [2.75, 3.05) is 13.6 Å². The van der Waals surface area contributed by atoms with Crippen molar-refractivity contribution in [3.8, 4) is 0 Å². The van der Waals surface area contributed by atoms with Gasteiger partial charge >= 0.3 is 0 Å². The van der Waals surface area contributed by atoms with Crippen molar-refractivity contribution >= 4 is 0 Å². The topological polar surface area (TPSA) is 15.3 Å². The maximum absolute atomic E-state index is 3.70. The second-order valence-electron chi connectivity index (χ2n) is 7.13. The lowest BCUT2D eigenvalue weighted by Crippen LogP contribution is -2.50. The van der Waals surface area contributed by atoms with Gasteiger partial charge in [-0.2, -0.15) is 0 Å². The van der Waals surface area contributed by atoms with Gasteiger partial charge in [-0.15, -0.1) is 0 Å². The molecule has 1 aromatic rings. The van der Waals surface area contributed by atoms with E-state index in [-0.39, 0.29) is 5.41 Å². The lowest BCUT2D eigenvalue weighted by atomic mass is 9.85. The largest absolute Gasteiger partial charge is 0.309 e. The van der Waals surface area contributed by atoms with Crippen LogP contribution in [0.25, 0.3) is 0 Å². The van der Waals surface area contributed by atoms with Crippen LogP contribution in [0.1, 0.15) is 59.6 Å². The van der Waals surface area contributed by atoms with Crippen LogP contribution in [0.5, 0.6) is 0 Å². The molecule has 0 saturated heterocycles. The van der Waals surface area contributed by atoms with Crippen molar-refractivity contribution in [1.29, 1.82) is 0 Å². The van der Waals surface area contributed by atoms with Crippen LogP contribution in [0, 0.1) is 5.41 Å². The molecule has 0 spiro atoms. The Morgan fingerprint density at radius 3 is 2.10 bits per heavy atom. The maximum Gasteiger partial charge on any atom is 0.0477 e. The molecule has 0 aliphatic rings. The summed E-state index contributed by atoms with van der Waals surface area (Å²) >= 11 is 0. The summed E-state index contributed by atoms with van der Waals surface area (Å²) in [6.45, 7) is 14.8. The lowest BCUT2D eigenvalue weighted by Gasteiger charge is -2.43. The van der Waals surface area contributed by atoms with Crippen LogP contribution in [-0.2, 0) is 0 Å². The Hall–Kier alpha value is -0.860. The standard InChI is InChI=1S/C19H34N2/c1-8-17(21(7)15(3)19(4,5)6)18(20-9-2)16-13-11-10-12-14-16/h10-15,17-18,20H,8-9H2,1-7H3. The molecule has 1 aromatic carbocycles. The van der Waals surface area contributed by atoms with Gasteiger partial charge in [0, 0.05) is 18.1 Å². The molecular weight excluding hydrogens is 256 g/mol. The summed E-state index contributed by atoms with van der Waals surface area (Å²) in [5, 5.41) is 3.70. The molecule has 2 nitrogen and oxygen atoms in total. The Bertz CT molecular complexity index is 394. The molecule has 1 rings (SSSR count). The molecule has 0 aromatic heterocycles. The zero-order chi connectivity index (χ0) is 16.0. The van der Waals surface area contributed by atoms with Crippen molar-refractivity contribution in [2.24, 2.45) is 5.41 Å². The van der Waals surface area contributed by atoms with E-state index in [1.165, 1.54) is 5.56 Å². The fourth-order valence-electron chi connectivity index (χ4n) is 3.01. The van der Waals surface area contributed by atoms with Gasteiger partial charge in [0.2, 0.25) is 0 Å². The molecule has 0 heterocycles. The van der Waals surface area contributed by atoms with Crippen LogP contribution in [0.15, 0.2) is 30.3 Å². The number of nitrogens with zero attached hydrogens (tertiary/aromatic N) is 1. The Labute approximate surface area is 131 Å². The summed E-state index contributed by atoms with van der Waals surface area (Å²) < 4.78 is 0. The minimum atomic E-state index is 0.287. The van der Waals surface area contributed by atoms with Gasteiger partial charge in [-0.05, 0) is 37.9 Å². The van der Waals surface area contributed by atoms with E-state index < -0.39 is 0 Å². The fourth-order valence-corrected chi connectivity index (χ4v) is 3.01. The molecule has 0 bridgehead atoms. The lowest BCUT2D eigenvalue weighted by molar-refractivity contribution is 0.0748. The summed E-state index contributed by atoms with van der Waals surface area (Å²) in [6, 6.07) is 12.3. The highest BCUT2D eigenvalue weighted by molar-refractivity contribution is 5.21. The van der Waals surface area contributed by atoms with E-state index in [9.17, 15) is 0 Å². The SMILES string of the molecule is CCNC(c1ccccc1)C(CC)N(C)C(C)C(C)(C)C. The van der Waals surface area contributed by atoms with Gasteiger partial charge in [0.25, 0.3) is 0 Å². The predicted molar refractivity (Wildman–Crippen MR) is 93.6 cm³/mol. The van der Waals surface area contributed by atoms with Gasteiger partial charge in [0.05, 0.1) is 0 Å². The Balaban J connectivity index is 3.03. The molecule has 0 amide bonds. The molecule has 0 radical (unpaired) electrons. The van der Waals surface area contributed by atoms with Crippen LogP contribution in [0.2, 0.25) is 0 Å². The first-order valence-corrected chi connectivity index (χ1v) is 8.33. The van der Waals surface area contributed by atoms with Crippen LogP contribution in [0.4, 0.5) is 0 Å². The third-order valence-corrected chi connectivity index (χ3v) is 4.77. The number of benzene rings is 1. The van der Waals surface area contributed by atoms with E-state index in [2.05, 4.69) is 89.1 Å². The summed E-state index contributed by atoms with van der Waals surface area (Å²) in [5.74, 6) is 0. The average Bonchev–Trinajstić information content (AvgIpc) is 2.46. The zero-order valence-electron chi connectivity index (χ0n) is 15.0. The molecule has 0 fully saturated rings. The zero-order valence-corrected chi connectivity index (χ0v) is 15.0. The van der Waals surface area contributed by atoms with Gasteiger partial charge in [0.1, 0.15) is 0 Å². The molecular formula is C19H34N2. The normalized spacial score (nSPS) is 16.8. The molecule has 3 unspecified atom stereocenters. The van der Waals surface area contributed by atoms with E-state index in [0.29, 0.717) is 18.1 Å². The van der Waals surface area contributed by atoms with Gasteiger partial charge < -0.3 is 5.32 Å². The van der Waals surface area contributed by atoms with Gasteiger partial charge in [-0.25, -0.2) is 0 Å². The van der Waals surface area contributed by atoms with E-state index in [0.717, 1.165) is 13.0 Å². The fraction of sp³-hybridized carbons (Fsp3) is 0.684. The minimum absolute atomic E-state index is 0.287. The monoisotopic (exact) mass is 290 g/mol. The molecule has 0 aliphatic carbocycles. The second-order valence-corrected chi connectivity index (χ2v) is 7.13. The van der Waals surface area contributed by atoms with E-state index >= 15 is 0 Å². The first-order valence-electron chi connectivity index (χ1n) is 8.33. The van der Waals surface area contributed by atoms with Crippen LogP contribution < -0.4 is 5.32 Å². The highest BCUT2D eigenvalue weighted by Gasteiger charge is 2.32. The smallest absolute Gasteiger partial charge is 0.0477 e. The van der Waals surface area contributed by atoms with Crippen LogP contribution in [0.3, 0.4) is 0 Å². The van der Waals surface area contributed by atoms with Gasteiger partial charge in [-0.3, -0.25) is 4.90 Å². The molecule has 2 heteroatoms. The maximum atomic E-state index is 3.70. The number of hydrogen-bond donors (Lipinski definition) is 1. The van der Waals surface area contributed by atoms with Crippen molar-refractivity contribution in [1.82, 2.24) is 10.2 Å². The first kappa shape index (κ1) is 18.2. The van der Waals surface area contributed by atoms with Crippen molar-refractivity contribution in [2.45, 2.75) is 66.1 Å². The Morgan fingerprint density at radius 1 is 1.10 bits per heavy atom. The van der Waals surface area contributed by atoms with Crippen molar-refractivity contribution in [3.63, 3.8) is 0 Å². The van der Waals surface area contributed by atoms with Crippen LogP contribution >= 0.6 is 0 Å². The van der Waals surface area contributed by atoms with Crippen molar-refractivity contribution < 1.29 is 0 Å². The molecule has 3 atom stereocenters. The molecule has 0 aliphatic heterocycles. The highest BCUT2D eigenvalue weighted by Crippen LogP contribution is 2.30. The van der Waals surface area contributed by atoms with Gasteiger partial charge in [-0.1, -0.05) is 65.0 Å². The predicted octanol–water partition coefficient (Wildman–Crippen LogP) is 4.48. The van der Waals surface area contributed by atoms with Crippen molar-refractivity contribution in [3.05, 3.63) is 35.9 Å². The van der Waals surface area contributed by atoms with E-state index in [1.807, 2.05) is 0 Å². The molecule has 21 heavy (non-hydrogen) atoms. The number of nitrogens with one attached hydrogen (secondary N) is 1. The summed E-state index contributed by atoms with van der Waals surface area (Å²) in [7, 11) is 2.28. The minimum Gasteiger partial charge on any atom is -0.309 e. The summed E-state index contributed by atoms with van der Waals surface area (Å²) in [4.78, 5) is 2.56. The van der Waals surface area contributed by atoms with Gasteiger partial charge in [0.15, 0.2) is 0 Å². The van der Waals surface area contributed by atoms with E-state index in [1.54, 1.807) is 0 Å². The highest BCUT2D eigenvalue weighted by atomic mass is 15.2. The second kappa shape index (κ2) is 7.95. The molecule has 120 valence electrons. The Morgan fingerprint density at radius 2 is 1.67 bits per heavy atom. The number of rotatable bonds is 7. The summed E-state index contributed by atoms with van der Waals surface area (Å²) in [5.41, 5.74) is 1.68. The number of likely N-dealkylation sites (N-methyl/N-ethyl adjacent to an activating group) is 2. The van der Waals surface area contributed by atoms with Crippen LogP contribution in [-0.4, -0.2) is 30.6 Å². The quantitative estimate of drug-likeness (QED) is 0.796. The first-order chi connectivity index (χ1) is 9.82. The van der Waals surface area contributed by atoms with E-state index in [4.69, 9.17) is 0 Å². The third kappa shape index (κ3) is 4.82. The molecule has 1 N–H and O–H groups in total. The molecule has 0 saturated carbocycles.